The van der Waals surface area contributed by atoms with Crippen LogP contribution in [0.1, 0.15) is 70.3 Å². The number of aromatic nitrogens is 4. The molecular weight excluding hydrogens is 584 g/mol. The fourth-order valence-electron chi connectivity index (χ4n) is 5.27. The second-order valence-electron chi connectivity index (χ2n) is 13.1. The molecule has 0 bridgehead atoms. The Morgan fingerprint density at radius 3 is 2.31 bits per heavy atom. The summed E-state index contributed by atoms with van der Waals surface area (Å²) >= 11 is 1.77. The van der Waals surface area contributed by atoms with Crippen molar-refractivity contribution in [3.05, 3.63) is 89.5 Å². The predicted molar refractivity (Wildman–Crippen MR) is 180 cm³/mol. The Morgan fingerprint density at radius 1 is 1.02 bits per heavy atom. The molecule has 0 saturated carbocycles. The lowest BCUT2D eigenvalue weighted by atomic mass is 9.88. The number of carboxylic acid groups (broad SMARTS) is 1. The van der Waals surface area contributed by atoms with Gasteiger partial charge in [-0.15, -0.1) is 11.8 Å². The molecule has 0 aliphatic rings. The molecule has 9 heteroatoms. The van der Waals surface area contributed by atoms with Gasteiger partial charge in [0.15, 0.2) is 0 Å². The van der Waals surface area contributed by atoms with E-state index in [1.54, 1.807) is 32.7 Å². The molecule has 2 aromatic carbocycles. The number of carbonyl (C=O) groups is 1. The summed E-state index contributed by atoms with van der Waals surface area (Å²) in [7, 11) is 1.61. The number of aliphatic carboxylic acids is 1. The minimum Gasteiger partial charge on any atom is -0.484 e. The number of carboxylic acids is 1. The predicted octanol–water partition coefficient (Wildman–Crippen LogP) is 8.48. The van der Waals surface area contributed by atoms with Gasteiger partial charge < -0.3 is 19.1 Å². The van der Waals surface area contributed by atoms with Gasteiger partial charge in [0.1, 0.15) is 17.5 Å². The van der Waals surface area contributed by atoms with Crippen molar-refractivity contribution in [1.29, 1.82) is 0 Å². The molecule has 5 aromatic rings. The molecule has 0 amide bonds. The average molecular weight is 627 g/mol. The van der Waals surface area contributed by atoms with E-state index in [1.165, 1.54) is 0 Å². The summed E-state index contributed by atoms with van der Waals surface area (Å²) in [5.74, 6) is 0.496. The molecule has 1 unspecified atom stereocenters. The molecule has 1 atom stereocenters. The van der Waals surface area contributed by atoms with Gasteiger partial charge in [-0.2, -0.15) is 5.10 Å². The van der Waals surface area contributed by atoms with Crippen LogP contribution >= 0.6 is 11.8 Å². The van der Waals surface area contributed by atoms with Crippen molar-refractivity contribution in [3.63, 3.8) is 0 Å². The number of methoxy groups -OCH3 is 1. The lowest BCUT2D eigenvalue weighted by Gasteiger charge is -2.24. The zero-order chi connectivity index (χ0) is 32.5. The summed E-state index contributed by atoms with van der Waals surface area (Å²) in [5.41, 5.74) is 6.09. The second-order valence-corrected chi connectivity index (χ2v) is 15.0. The zero-order valence-electron chi connectivity index (χ0n) is 27.3. The minimum absolute atomic E-state index is 0.105. The first-order valence-electron chi connectivity index (χ1n) is 15.1. The van der Waals surface area contributed by atoms with Gasteiger partial charge in [-0.1, -0.05) is 45.0 Å². The van der Waals surface area contributed by atoms with Gasteiger partial charge in [0, 0.05) is 62.7 Å². The molecular formula is C36H42N4O4S. The second kappa shape index (κ2) is 12.6. The number of hydrogen-bond acceptors (Lipinski definition) is 6. The standard InChI is InChI=1S/C36H42N4O4S/c1-22-17-29(39-38-22)23(2)44-27-14-15-30-28(18-27)33(45-35(3,4)5)31(19-36(6,7)34(41)42)40(30)21-24-9-11-25(12-10-24)26-13-16-32(43-8)37-20-26/h9-18,20,23H,19,21H2,1-8H3,(H,38,39)(H,41,42). The number of thioether (sulfide) groups is 1. The summed E-state index contributed by atoms with van der Waals surface area (Å²) in [4.78, 5) is 17.8. The number of fused-ring (bicyclic) bond motifs is 1. The Bertz CT molecular complexity index is 1800. The quantitative estimate of drug-likeness (QED) is 0.142. The van der Waals surface area contributed by atoms with Gasteiger partial charge in [0.25, 0.3) is 0 Å². The van der Waals surface area contributed by atoms with Crippen LogP contribution in [0.25, 0.3) is 22.0 Å². The number of benzene rings is 2. The summed E-state index contributed by atoms with van der Waals surface area (Å²) in [6, 6.07) is 20.5. The van der Waals surface area contributed by atoms with E-state index in [0.717, 1.165) is 55.3 Å². The molecule has 0 saturated heterocycles. The molecule has 0 fully saturated rings. The number of aryl methyl sites for hydroxylation is 1. The smallest absolute Gasteiger partial charge is 0.309 e. The minimum atomic E-state index is -0.962. The number of nitrogens with zero attached hydrogens (tertiary/aromatic N) is 3. The van der Waals surface area contributed by atoms with E-state index in [-0.39, 0.29) is 10.9 Å². The van der Waals surface area contributed by atoms with Crippen LogP contribution in [0.3, 0.4) is 0 Å². The van der Waals surface area contributed by atoms with E-state index < -0.39 is 11.4 Å². The van der Waals surface area contributed by atoms with Crippen molar-refractivity contribution in [1.82, 2.24) is 19.7 Å². The molecule has 236 valence electrons. The summed E-state index contributed by atoms with van der Waals surface area (Å²) in [6.07, 6.45) is 1.95. The van der Waals surface area contributed by atoms with Crippen molar-refractivity contribution in [2.24, 2.45) is 5.41 Å². The van der Waals surface area contributed by atoms with Gasteiger partial charge in [0.2, 0.25) is 5.88 Å². The largest absolute Gasteiger partial charge is 0.484 e. The van der Waals surface area contributed by atoms with Crippen LogP contribution in [-0.4, -0.2) is 42.7 Å². The molecule has 0 radical (unpaired) electrons. The van der Waals surface area contributed by atoms with Gasteiger partial charge >= 0.3 is 5.97 Å². The third-order valence-corrected chi connectivity index (χ3v) is 8.99. The lowest BCUT2D eigenvalue weighted by Crippen LogP contribution is -2.28. The fraction of sp³-hybridized carbons (Fsp3) is 0.361. The van der Waals surface area contributed by atoms with Gasteiger partial charge in [0.05, 0.1) is 12.5 Å². The highest BCUT2D eigenvalue weighted by Gasteiger charge is 2.33. The molecule has 0 aliphatic carbocycles. The van der Waals surface area contributed by atoms with Crippen molar-refractivity contribution in [2.45, 2.75) is 77.2 Å². The molecule has 0 aliphatic heterocycles. The number of rotatable bonds is 11. The molecule has 2 N–H and O–H groups in total. The van der Waals surface area contributed by atoms with Gasteiger partial charge in [-0.3, -0.25) is 9.89 Å². The topological polar surface area (TPSA) is 102 Å². The Kier molecular flexibility index (Phi) is 9.03. The third-order valence-electron chi connectivity index (χ3n) is 7.72. The Balaban J connectivity index is 1.58. The maximum atomic E-state index is 12.4. The van der Waals surface area contributed by atoms with Crippen molar-refractivity contribution in [2.75, 3.05) is 7.11 Å². The van der Waals surface area contributed by atoms with E-state index >= 15 is 0 Å². The highest BCUT2D eigenvalue weighted by Crippen LogP contribution is 2.44. The number of ether oxygens (including phenoxy) is 2. The van der Waals surface area contributed by atoms with Crippen LogP contribution in [0.4, 0.5) is 0 Å². The van der Waals surface area contributed by atoms with Crippen LogP contribution in [0.2, 0.25) is 0 Å². The molecule has 8 nitrogen and oxygen atoms in total. The number of H-pyrrole nitrogens is 1. The van der Waals surface area contributed by atoms with Crippen LogP contribution in [0.15, 0.2) is 71.8 Å². The number of pyridine rings is 1. The average Bonchev–Trinajstić information content (AvgIpc) is 3.54. The number of hydrogen-bond donors (Lipinski definition) is 2. The molecule has 3 aromatic heterocycles. The summed E-state index contributed by atoms with van der Waals surface area (Å²) in [5, 5.41) is 18.6. The Hall–Kier alpha value is -4.24. The van der Waals surface area contributed by atoms with Crippen molar-refractivity contribution < 1.29 is 19.4 Å². The van der Waals surface area contributed by atoms with E-state index in [4.69, 9.17) is 9.47 Å². The third kappa shape index (κ3) is 7.36. The monoisotopic (exact) mass is 626 g/mol. The number of aromatic amines is 1. The Morgan fingerprint density at radius 2 is 1.73 bits per heavy atom. The molecule has 5 rings (SSSR count). The van der Waals surface area contributed by atoms with Crippen LogP contribution in [-0.2, 0) is 17.8 Å². The highest BCUT2D eigenvalue weighted by molar-refractivity contribution is 8.00. The highest BCUT2D eigenvalue weighted by atomic mass is 32.2. The van der Waals surface area contributed by atoms with Gasteiger partial charge in [-0.05, 0) is 69.2 Å². The normalized spacial score (nSPS) is 12.8. The van der Waals surface area contributed by atoms with E-state index in [9.17, 15) is 9.90 Å². The first-order chi connectivity index (χ1) is 21.2. The Labute approximate surface area is 269 Å². The first-order valence-corrected chi connectivity index (χ1v) is 15.9. The molecule has 45 heavy (non-hydrogen) atoms. The van der Waals surface area contributed by atoms with Crippen LogP contribution in [0.5, 0.6) is 11.6 Å². The van der Waals surface area contributed by atoms with E-state index in [1.807, 2.05) is 44.3 Å². The van der Waals surface area contributed by atoms with E-state index in [2.05, 4.69) is 76.9 Å². The molecule has 3 heterocycles. The summed E-state index contributed by atoms with van der Waals surface area (Å²) < 4.78 is 13.8. The fourth-order valence-corrected chi connectivity index (χ4v) is 6.45. The first kappa shape index (κ1) is 32.2. The summed E-state index contributed by atoms with van der Waals surface area (Å²) in [6.45, 7) is 14.7. The SMILES string of the molecule is COc1ccc(-c2ccc(Cn3c(CC(C)(C)C(=O)O)c(SC(C)(C)C)c4cc(OC(C)c5cc(C)[nH]n5)ccc43)cc2)cn1. The van der Waals surface area contributed by atoms with Gasteiger partial charge in [-0.25, -0.2) is 4.98 Å². The molecule has 0 spiro atoms. The van der Waals surface area contributed by atoms with Crippen molar-refractivity contribution >= 4 is 28.6 Å². The van der Waals surface area contributed by atoms with Crippen LogP contribution < -0.4 is 9.47 Å². The van der Waals surface area contributed by atoms with Crippen molar-refractivity contribution in [3.8, 4) is 22.8 Å². The van der Waals surface area contributed by atoms with Crippen LogP contribution in [0, 0.1) is 12.3 Å². The van der Waals surface area contributed by atoms with E-state index in [0.29, 0.717) is 18.8 Å². The maximum absolute atomic E-state index is 12.4. The zero-order valence-corrected chi connectivity index (χ0v) is 28.1. The number of nitrogens with one attached hydrogen (secondary N) is 1. The maximum Gasteiger partial charge on any atom is 0.309 e. The lowest BCUT2D eigenvalue weighted by molar-refractivity contribution is -0.146.